The number of aromatic nitrogens is 1. The predicted molar refractivity (Wildman–Crippen MR) is 81.8 cm³/mol. The summed E-state index contributed by atoms with van der Waals surface area (Å²) in [6.45, 7) is 8.21. The summed E-state index contributed by atoms with van der Waals surface area (Å²) in [5, 5.41) is 12.0. The van der Waals surface area contributed by atoms with Gasteiger partial charge in [0.15, 0.2) is 5.84 Å². The van der Waals surface area contributed by atoms with E-state index in [0.29, 0.717) is 30.8 Å². The van der Waals surface area contributed by atoms with Gasteiger partial charge in [0, 0.05) is 24.0 Å². The summed E-state index contributed by atoms with van der Waals surface area (Å²) in [7, 11) is 0. The number of carbonyl (C=O) groups excluding carboxylic acids is 1. The SMILES string of the molecule is Cc1ncc2c(c1/C(N)=N/O)CN(C(=O)OC(C)(C)C)CC2. The normalized spacial score (nSPS) is 15.5. The average molecular weight is 306 g/mol. The van der Waals surface area contributed by atoms with Gasteiger partial charge in [-0.3, -0.25) is 4.98 Å². The maximum absolute atomic E-state index is 12.2. The third-order valence-corrected chi connectivity index (χ3v) is 3.48. The molecule has 0 spiro atoms. The van der Waals surface area contributed by atoms with Crippen molar-refractivity contribution in [2.45, 2.75) is 46.3 Å². The van der Waals surface area contributed by atoms with Crippen LogP contribution in [0.25, 0.3) is 0 Å². The molecular formula is C15H22N4O3. The van der Waals surface area contributed by atoms with Crippen molar-refractivity contribution in [3.05, 3.63) is 28.6 Å². The lowest BCUT2D eigenvalue weighted by molar-refractivity contribution is 0.0223. The number of nitrogens with zero attached hydrogens (tertiary/aromatic N) is 3. The zero-order valence-electron chi connectivity index (χ0n) is 13.4. The minimum absolute atomic E-state index is 0.00730. The molecule has 0 radical (unpaired) electrons. The highest BCUT2D eigenvalue weighted by Crippen LogP contribution is 2.25. The van der Waals surface area contributed by atoms with E-state index in [1.807, 2.05) is 20.8 Å². The van der Waals surface area contributed by atoms with Crippen molar-refractivity contribution < 1.29 is 14.7 Å². The van der Waals surface area contributed by atoms with E-state index in [9.17, 15) is 4.79 Å². The van der Waals surface area contributed by atoms with E-state index in [0.717, 1.165) is 11.1 Å². The molecule has 0 unspecified atom stereocenters. The number of pyridine rings is 1. The van der Waals surface area contributed by atoms with Crippen LogP contribution in [0.5, 0.6) is 0 Å². The molecule has 0 fully saturated rings. The van der Waals surface area contributed by atoms with Crippen molar-refractivity contribution >= 4 is 11.9 Å². The third-order valence-electron chi connectivity index (χ3n) is 3.48. The van der Waals surface area contributed by atoms with Crippen LogP contribution in [-0.4, -0.2) is 39.2 Å². The largest absolute Gasteiger partial charge is 0.444 e. The Kier molecular flexibility index (Phi) is 4.25. The van der Waals surface area contributed by atoms with E-state index in [-0.39, 0.29) is 11.9 Å². The van der Waals surface area contributed by atoms with Crippen LogP contribution in [0.15, 0.2) is 11.4 Å². The number of amides is 1. The van der Waals surface area contributed by atoms with Gasteiger partial charge in [-0.15, -0.1) is 0 Å². The molecule has 0 aliphatic carbocycles. The molecule has 3 N–H and O–H groups in total. The molecule has 2 rings (SSSR count). The molecule has 1 aromatic heterocycles. The summed E-state index contributed by atoms with van der Waals surface area (Å²) in [6.07, 6.45) is 2.08. The molecule has 1 aromatic rings. The van der Waals surface area contributed by atoms with Crippen LogP contribution in [0, 0.1) is 6.92 Å². The Morgan fingerprint density at radius 3 is 2.77 bits per heavy atom. The van der Waals surface area contributed by atoms with Crippen molar-refractivity contribution in [1.29, 1.82) is 0 Å². The number of carbonyl (C=O) groups is 1. The van der Waals surface area contributed by atoms with E-state index < -0.39 is 5.60 Å². The molecule has 0 saturated heterocycles. The Labute approximate surface area is 129 Å². The number of hydrogen-bond acceptors (Lipinski definition) is 5. The zero-order valence-corrected chi connectivity index (χ0v) is 13.4. The van der Waals surface area contributed by atoms with Gasteiger partial charge in [0.05, 0.1) is 6.54 Å². The summed E-state index contributed by atoms with van der Waals surface area (Å²) in [4.78, 5) is 18.1. The van der Waals surface area contributed by atoms with Crippen molar-refractivity contribution in [3.8, 4) is 0 Å². The lowest BCUT2D eigenvalue weighted by atomic mass is 9.95. The van der Waals surface area contributed by atoms with E-state index in [2.05, 4.69) is 10.1 Å². The van der Waals surface area contributed by atoms with Crippen molar-refractivity contribution in [2.24, 2.45) is 10.9 Å². The second kappa shape index (κ2) is 5.82. The number of nitrogens with two attached hydrogens (primary N) is 1. The second-order valence-electron chi connectivity index (χ2n) is 6.36. The number of amidine groups is 1. The fraction of sp³-hybridized carbons (Fsp3) is 0.533. The lowest BCUT2D eigenvalue weighted by Gasteiger charge is -2.32. The van der Waals surface area contributed by atoms with Crippen LogP contribution in [0.2, 0.25) is 0 Å². The first kappa shape index (κ1) is 16.1. The maximum Gasteiger partial charge on any atom is 0.410 e. The highest BCUT2D eigenvalue weighted by atomic mass is 16.6. The molecule has 1 aliphatic heterocycles. The number of aryl methyl sites for hydroxylation is 1. The molecule has 0 aromatic carbocycles. The Hall–Kier alpha value is -2.31. The van der Waals surface area contributed by atoms with Crippen LogP contribution in [0.3, 0.4) is 0 Å². The molecule has 0 bridgehead atoms. The van der Waals surface area contributed by atoms with E-state index in [1.165, 1.54) is 0 Å². The van der Waals surface area contributed by atoms with Gasteiger partial charge in [-0.05, 0) is 45.2 Å². The number of oxime groups is 1. The first-order valence-electron chi connectivity index (χ1n) is 7.16. The van der Waals surface area contributed by atoms with Crippen LogP contribution in [-0.2, 0) is 17.7 Å². The number of hydrogen-bond donors (Lipinski definition) is 2. The van der Waals surface area contributed by atoms with Crippen molar-refractivity contribution in [3.63, 3.8) is 0 Å². The van der Waals surface area contributed by atoms with Gasteiger partial charge in [0.25, 0.3) is 0 Å². The monoisotopic (exact) mass is 306 g/mol. The van der Waals surface area contributed by atoms with Gasteiger partial charge in [0.1, 0.15) is 5.60 Å². The van der Waals surface area contributed by atoms with Gasteiger partial charge < -0.3 is 20.6 Å². The topological polar surface area (TPSA) is 101 Å². The van der Waals surface area contributed by atoms with Gasteiger partial charge >= 0.3 is 6.09 Å². The standard InChI is InChI=1S/C15H22N4O3/c1-9-12(13(16)18-21)11-8-19(6-5-10(11)7-17-9)14(20)22-15(2,3)4/h7,21H,5-6,8H2,1-4H3,(H2,16,18). The number of ether oxygens (including phenoxy) is 1. The van der Waals surface area contributed by atoms with Crippen molar-refractivity contribution in [1.82, 2.24) is 9.88 Å². The summed E-state index contributed by atoms with van der Waals surface area (Å²) in [5.41, 5.74) is 8.35. The van der Waals surface area contributed by atoms with Crippen LogP contribution in [0.1, 0.15) is 43.2 Å². The highest BCUT2D eigenvalue weighted by Gasteiger charge is 2.28. The van der Waals surface area contributed by atoms with E-state index >= 15 is 0 Å². The molecule has 7 heteroatoms. The fourth-order valence-corrected chi connectivity index (χ4v) is 2.49. The Balaban J connectivity index is 2.33. The molecule has 0 saturated carbocycles. The first-order chi connectivity index (χ1) is 10.2. The molecular weight excluding hydrogens is 284 g/mol. The molecule has 120 valence electrons. The average Bonchev–Trinajstić information content (AvgIpc) is 2.44. The van der Waals surface area contributed by atoms with Crippen LogP contribution >= 0.6 is 0 Å². The van der Waals surface area contributed by atoms with Gasteiger partial charge in [-0.2, -0.15) is 0 Å². The Morgan fingerprint density at radius 1 is 1.50 bits per heavy atom. The molecule has 7 nitrogen and oxygen atoms in total. The summed E-state index contributed by atoms with van der Waals surface area (Å²) < 4.78 is 5.41. The lowest BCUT2D eigenvalue weighted by Crippen LogP contribution is -2.41. The number of fused-ring (bicyclic) bond motifs is 1. The fourth-order valence-electron chi connectivity index (χ4n) is 2.49. The molecule has 1 aliphatic rings. The molecule has 22 heavy (non-hydrogen) atoms. The zero-order chi connectivity index (χ0) is 16.5. The van der Waals surface area contributed by atoms with E-state index in [1.54, 1.807) is 18.0 Å². The second-order valence-corrected chi connectivity index (χ2v) is 6.36. The van der Waals surface area contributed by atoms with Crippen LogP contribution < -0.4 is 5.73 Å². The highest BCUT2D eigenvalue weighted by molar-refractivity contribution is 5.99. The smallest absolute Gasteiger partial charge is 0.410 e. The predicted octanol–water partition coefficient (Wildman–Crippen LogP) is 1.78. The van der Waals surface area contributed by atoms with Gasteiger partial charge in [-0.1, -0.05) is 5.16 Å². The molecule has 2 heterocycles. The summed E-state index contributed by atoms with van der Waals surface area (Å²) in [5.74, 6) is 0.00730. The quantitative estimate of drug-likeness (QED) is 0.356. The maximum atomic E-state index is 12.2. The third kappa shape index (κ3) is 3.29. The first-order valence-corrected chi connectivity index (χ1v) is 7.16. The minimum atomic E-state index is -0.542. The Morgan fingerprint density at radius 2 is 2.18 bits per heavy atom. The Bertz CT molecular complexity index is 620. The minimum Gasteiger partial charge on any atom is -0.444 e. The van der Waals surface area contributed by atoms with Gasteiger partial charge in [0.2, 0.25) is 0 Å². The number of rotatable bonds is 1. The van der Waals surface area contributed by atoms with Crippen molar-refractivity contribution in [2.75, 3.05) is 6.54 Å². The molecule has 0 atom stereocenters. The van der Waals surface area contributed by atoms with E-state index in [4.69, 9.17) is 15.7 Å². The van der Waals surface area contributed by atoms with Crippen LogP contribution in [0.4, 0.5) is 4.79 Å². The summed E-state index contributed by atoms with van der Waals surface area (Å²) >= 11 is 0. The van der Waals surface area contributed by atoms with Gasteiger partial charge in [-0.25, -0.2) is 4.79 Å². The molecule has 1 amide bonds. The summed E-state index contributed by atoms with van der Waals surface area (Å²) in [6, 6.07) is 0.